The molecule has 1 aliphatic heterocycles. The van der Waals surface area contributed by atoms with Gasteiger partial charge >= 0.3 is 0 Å². The van der Waals surface area contributed by atoms with Crippen LogP contribution in [0.4, 0.5) is 5.69 Å². The number of aromatic nitrogens is 3. The van der Waals surface area contributed by atoms with Crippen LogP contribution in [0.5, 0.6) is 0 Å². The molecule has 162 valence electrons. The second-order valence-electron chi connectivity index (χ2n) is 7.63. The van der Waals surface area contributed by atoms with Gasteiger partial charge in [0, 0.05) is 42.5 Å². The first kappa shape index (κ1) is 21.9. The van der Waals surface area contributed by atoms with Gasteiger partial charge in [-0.1, -0.05) is 36.0 Å². The largest absolute Gasteiger partial charge is 0.325 e. The number of nitrogens with one attached hydrogen (secondary N) is 1. The molecule has 3 aromatic rings. The van der Waals surface area contributed by atoms with Crippen molar-refractivity contribution < 1.29 is 4.79 Å². The Kier molecular flexibility index (Phi) is 7.32. The second-order valence-corrected chi connectivity index (χ2v) is 9.80. The lowest BCUT2D eigenvalue weighted by Crippen LogP contribution is -2.32. The van der Waals surface area contributed by atoms with E-state index in [1.165, 1.54) is 34.4 Å². The van der Waals surface area contributed by atoms with Gasteiger partial charge < -0.3 is 5.32 Å². The molecular weight excluding hydrogens is 426 g/mol. The Balaban J connectivity index is 1.38. The van der Waals surface area contributed by atoms with Crippen LogP contribution in [-0.2, 0) is 11.3 Å². The Morgan fingerprint density at radius 2 is 1.94 bits per heavy atom. The van der Waals surface area contributed by atoms with Crippen LogP contribution in [0, 0.1) is 13.8 Å². The zero-order chi connectivity index (χ0) is 21.6. The number of hydrogen-bond donors (Lipinski definition) is 1. The molecule has 0 bridgehead atoms. The Morgan fingerprint density at radius 3 is 2.74 bits per heavy atom. The van der Waals surface area contributed by atoms with Crippen LogP contribution in [0.15, 0.2) is 53.9 Å². The molecule has 6 nitrogen and oxygen atoms in total. The third-order valence-electron chi connectivity index (χ3n) is 5.41. The third-order valence-corrected chi connectivity index (χ3v) is 7.29. The van der Waals surface area contributed by atoms with Crippen molar-refractivity contribution in [1.29, 1.82) is 0 Å². The number of rotatable bonds is 7. The van der Waals surface area contributed by atoms with Crippen LogP contribution in [-0.4, -0.2) is 55.9 Å². The molecular formula is C23H27N5OS2. The number of carbonyl (C=O) groups is 1. The lowest BCUT2D eigenvalue weighted by molar-refractivity contribution is -0.113. The van der Waals surface area contributed by atoms with Gasteiger partial charge in [0.15, 0.2) is 5.16 Å². The summed E-state index contributed by atoms with van der Waals surface area (Å²) in [5.74, 6) is 2.58. The average Bonchev–Trinajstić information content (AvgIpc) is 3.25. The lowest BCUT2D eigenvalue weighted by Gasteiger charge is -2.27. The van der Waals surface area contributed by atoms with E-state index in [2.05, 4.69) is 52.5 Å². The Hall–Kier alpha value is -2.29. The van der Waals surface area contributed by atoms with Crippen LogP contribution in [0.2, 0.25) is 0 Å². The molecule has 1 N–H and O–H groups in total. The van der Waals surface area contributed by atoms with Crippen molar-refractivity contribution in [2.45, 2.75) is 25.5 Å². The Morgan fingerprint density at radius 1 is 1.13 bits per heavy atom. The van der Waals surface area contributed by atoms with Crippen molar-refractivity contribution in [2.24, 2.45) is 0 Å². The molecule has 1 saturated heterocycles. The summed E-state index contributed by atoms with van der Waals surface area (Å²) in [4.78, 5) is 15.1. The number of thioether (sulfide) groups is 2. The van der Waals surface area contributed by atoms with Crippen molar-refractivity contribution in [2.75, 3.05) is 35.7 Å². The molecule has 0 spiro atoms. The number of anilines is 1. The normalized spacial score (nSPS) is 14.5. The van der Waals surface area contributed by atoms with E-state index in [0.717, 1.165) is 36.6 Å². The molecule has 1 aromatic heterocycles. The summed E-state index contributed by atoms with van der Waals surface area (Å²) in [6.07, 6.45) is 1.69. The van der Waals surface area contributed by atoms with Crippen LogP contribution < -0.4 is 5.32 Å². The van der Waals surface area contributed by atoms with E-state index in [4.69, 9.17) is 0 Å². The van der Waals surface area contributed by atoms with Crippen molar-refractivity contribution in [3.63, 3.8) is 0 Å². The molecule has 2 heterocycles. The predicted octanol–water partition coefficient (Wildman–Crippen LogP) is 4.16. The SMILES string of the molecule is Cc1ccc(-n2cnnc2SCC(=O)Nc2ccccc2CN2CCSCC2)cc1C. The fraction of sp³-hybridized carbons (Fsp3) is 0.348. The number of para-hydroxylation sites is 1. The summed E-state index contributed by atoms with van der Waals surface area (Å²) >= 11 is 3.39. The number of aryl methyl sites for hydroxylation is 2. The summed E-state index contributed by atoms with van der Waals surface area (Å²) in [7, 11) is 0. The Bertz CT molecular complexity index is 1050. The van der Waals surface area contributed by atoms with E-state index in [9.17, 15) is 4.79 Å². The van der Waals surface area contributed by atoms with Crippen molar-refractivity contribution >= 4 is 35.1 Å². The zero-order valence-electron chi connectivity index (χ0n) is 17.9. The van der Waals surface area contributed by atoms with Gasteiger partial charge in [-0.2, -0.15) is 11.8 Å². The Labute approximate surface area is 191 Å². The van der Waals surface area contributed by atoms with E-state index >= 15 is 0 Å². The summed E-state index contributed by atoms with van der Waals surface area (Å²) in [6.45, 7) is 7.23. The van der Waals surface area contributed by atoms with E-state index < -0.39 is 0 Å². The molecule has 0 saturated carbocycles. The molecule has 0 atom stereocenters. The molecule has 1 fully saturated rings. The fourth-order valence-electron chi connectivity index (χ4n) is 3.47. The first-order valence-electron chi connectivity index (χ1n) is 10.4. The monoisotopic (exact) mass is 453 g/mol. The zero-order valence-corrected chi connectivity index (χ0v) is 19.5. The first-order chi connectivity index (χ1) is 15.1. The van der Waals surface area contributed by atoms with E-state index in [0.29, 0.717) is 5.16 Å². The van der Waals surface area contributed by atoms with Gasteiger partial charge in [-0.15, -0.1) is 10.2 Å². The van der Waals surface area contributed by atoms with Crippen molar-refractivity contribution in [3.05, 3.63) is 65.5 Å². The van der Waals surface area contributed by atoms with Crippen LogP contribution in [0.25, 0.3) is 5.69 Å². The highest BCUT2D eigenvalue weighted by Gasteiger charge is 2.15. The van der Waals surface area contributed by atoms with E-state index in [1.807, 2.05) is 40.6 Å². The minimum atomic E-state index is -0.0405. The fourth-order valence-corrected chi connectivity index (χ4v) is 5.18. The molecule has 2 aromatic carbocycles. The maximum atomic E-state index is 12.7. The number of amides is 1. The molecule has 0 aliphatic carbocycles. The predicted molar refractivity (Wildman–Crippen MR) is 129 cm³/mol. The first-order valence-corrected chi connectivity index (χ1v) is 12.5. The van der Waals surface area contributed by atoms with Gasteiger partial charge in [0.2, 0.25) is 5.91 Å². The lowest BCUT2D eigenvalue weighted by atomic mass is 10.1. The topological polar surface area (TPSA) is 63.1 Å². The van der Waals surface area contributed by atoms with Gasteiger partial charge in [0.25, 0.3) is 0 Å². The number of hydrogen-bond acceptors (Lipinski definition) is 6. The molecule has 1 amide bonds. The highest BCUT2D eigenvalue weighted by atomic mass is 32.2. The standard InChI is InChI=1S/C23H27N5OS2/c1-17-7-8-20(13-18(17)2)28-16-24-26-23(28)31-15-22(29)25-21-6-4-3-5-19(21)14-27-9-11-30-12-10-27/h3-8,13,16H,9-12,14-15H2,1-2H3,(H,25,29). The van der Waals surface area contributed by atoms with Crippen LogP contribution in [0.1, 0.15) is 16.7 Å². The van der Waals surface area contributed by atoms with Crippen molar-refractivity contribution in [1.82, 2.24) is 19.7 Å². The smallest absolute Gasteiger partial charge is 0.234 e. The second kappa shape index (κ2) is 10.3. The number of nitrogens with zero attached hydrogens (tertiary/aromatic N) is 4. The summed E-state index contributed by atoms with van der Waals surface area (Å²) in [6, 6.07) is 14.3. The maximum Gasteiger partial charge on any atom is 0.234 e. The van der Waals surface area contributed by atoms with Gasteiger partial charge in [0.05, 0.1) is 5.75 Å². The maximum absolute atomic E-state index is 12.7. The minimum absolute atomic E-state index is 0.0405. The molecule has 0 unspecified atom stereocenters. The van der Waals surface area contributed by atoms with E-state index in [-0.39, 0.29) is 11.7 Å². The quantitative estimate of drug-likeness (QED) is 0.542. The van der Waals surface area contributed by atoms with Gasteiger partial charge in [-0.3, -0.25) is 14.3 Å². The van der Waals surface area contributed by atoms with E-state index in [1.54, 1.807) is 6.33 Å². The molecule has 8 heteroatoms. The van der Waals surface area contributed by atoms with Crippen LogP contribution in [0.3, 0.4) is 0 Å². The number of carbonyl (C=O) groups excluding carboxylic acids is 1. The van der Waals surface area contributed by atoms with Crippen molar-refractivity contribution in [3.8, 4) is 5.69 Å². The summed E-state index contributed by atoms with van der Waals surface area (Å²) in [5.41, 5.74) is 5.50. The molecule has 1 aliphatic rings. The van der Waals surface area contributed by atoms with Crippen LogP contribution >= 0.6 is 23.5 Å². The number of benzene rings is 2. The average molecular weight is 454 g/mol. The minimum Gasteiger partial charge on any atom is -0.325 e. The molecule has 0 radical (unpaired) electrons. The molecule has 31 heavy (non-hydrogen) atoms. The van der Waals surface area contributed by atoms with Gasteiger partial charge in [-0.05, 0) is 48.7 Å². The highest BCUT2D eigenvalue weighted by Crippen LogP contribution is 2.23. The summed E-state index contributed by atoms with van der Waals surface area (Å²) in [5, 5.41) is 12.0. The third kappa shape index (κ3) is 5.70. The highest BCUT2D eigenvalue weighted by molar-refractivity contribution is 7.99. The van der Waals surface area contributed by atoms with Gasteiger partial charge in [-0.25, -0.2) is 0 Å². The summed E-state index contributed by atoms with van der Waals surface area (Å²) < 4.78 is 1.92. The molecule has 4 rings (SSSR count). The van der Waals surface area contributed by atoms with Gasteiger partial charge in [0.1, 0.15) is 6.33 Å².